The number of nitrogens with zero attached hydrogens (tertiary/aromatic N) is 2. The zero-order valence-electron chi connectivity index (χ0n) is 7.16. The average molecular weight is 181 g/mol. The van der Waals surface area contributed by atoms with Crippen molar-refractivity contribution < 1.29 is 9.90 Å². The molecule has 0 amide bonds. The van der Waals surface area contributed by atoms with E-state index >= 15 is 0 Å². The summed E-state index contributed by atoms with van der Waals surface area (Å²) in [6.45, 7) is 0.793. The SMILES string of the molecule is Nc1c(C(=O)O)nc2n1CCCC2. The van der Waals surface area contributed by atoms with E-state index in [1.807, 2.05) is 0 Å². The maximum absolute atomic E-state index is 10.7. The second-order valence-corrected chi connectivity index (χ2v) is 3.18. The molecule has 0 atom stereocenters. The van der Waals surface area contributed by atoms with Crippen molar-refractivity contribution in [3.63, 3.8) is 0 Å². The third-order valence-corrected chi connectivity index (χ3v) is 2.32. The Hall–Kier alpha value is -1.52. The van der Waals surface area contributed by atoms with Crippen LogP contribution in [0.25, 0.3) is 0 Å². The van der Waals surface area contributed by atoms with E-state index in [0.717, 1.165) is 31.6 Å². The number of aromatic carboxylic acids is 1. The molecule has 5 heteroatoms. The molecule has 5 nitrogen and oxygen atoms in total. The molecule has 1 aliphatic rings. The molecule has 0 spiro atoms. The van der Waals surface area contributed by atoms with E-state index in [4.69, 9.17) is 10.8 Å². The predicted molar refractivity (Wildman–Crippen MR) is 46.5 cm³/mol. The van der Waals surface area contributed by atoms with Crippen molar-refractivity contribution in [3.8, 4) is 0 Å². The Morgan fingerprint density at radius 2 is 2.31 bits per heavy atom. The molecule has 0 fully saturated rings. The lowest BCUT2D eigenvalue weighted by molar-refractivity contribution is 0.0692. The van der Waals surface area contributed by atoms with E-state index in [1.54, 1.807) is 4.57 Å². The molecule has 1 aromatic heterocycles. The molecule has 70 valence electrons. The lowest BCUT2D eigenvalue weighted by atomic mass is 10.2. The van der Waals surface area contributed by atoms with Gasteiger partial charge in [-0.15, -0.1) is 0 Å². The van der Waals surface area contributed by atoms with Gasteiger partial charge in [-0.05, 0) is 12.8 Å². The molecule has 1 aromatic rings. The van der Waals surface area contributed by atoms with Crippen LogP contribution in [0, 0.1) is 0 Å². The molecule has 0 radical (unpaired) electrons. The number of aryl methyl sites for hydroxylation is 1. The molecule has 1 aliphatic heterocycles. The van der Waals surface area contributed by atoms with E-state index in [2.05, 4.69) is 4.98 Å². The number of rotatable bonds is 1. The molecular weight excluding hydrogens is 170 g/mol. The standard InChI is InChI=1S/C8H11N3O2/c9-7-6(8(12)13)10-5-3-1-2-4-11(5)7/h1-4,9H2,(H,12,13). The number of aromatic nitrogens is 2. The first-order chi connectivity index (χ1) is 6.20. The normalized spacial score (nSPS) is 15.4. The van der Waals surface area contributed by atoms with Gasteiger partial charge in [0.1, 0.15) is 11.6 Å². The van der Waals surface area contributed by atoms with Crippen LogP contribution in [0.5, 0.6) is 0 Å². The van der Waals surface area contributed by atoms with E-state index < -0.39 is 5.97 Å². The quantitative estimate of drug-likeness (QED) is 0.661. The van der Waals surface area contributed by atoms with Gasteiger partial charge < -0.3 is 15.4 Å². The third kappa shape index (κ3) is 1.16. The van der Waals surface area contributed by atoms with Crippen LogP contribution >= 0.6 is 0 Å². The van der Waals surface area contributed by atoms with Crippen LogP contribution in [0.15, 0.2) is 0 Å². The number of nitrogens with two attached hydrogens (primary N) is 1. The maximum Gasteiger partial charge on any atom is 0.358 e. The number of hydrogen-bond donors (Lipinski definition) is 2. The second kappa shape index (κ2) is 2.76. The number of fused-ring (bicyclic) bond motifs is 1. The summed E-state index contributed by atoms with van der Waals surface area (Å²) in [4.78, 5) is 14.7. The summed E-state index contributed by atoms with van der Waals surface area (Å²) in [6.07, 6.45) is 2.94. The number of imidazole rings is 1. The van der Waals surface area contributed by atoms with Crippen molar-refractivity contribution in [3.05, 3.63) is 11.5 Å². The van der Waals surface area contributed by atoms with E-state index in [9.17, 15) is 4.79 Å². The van der Waals surface area contributed by atoms with Crippen molar-refractivity contribution >= 4 is 11.8 Å². The van der Waals surface area contributed by atoms with Gasteiger partial charge in [-0.2, -0.15) is 0 Å². The van der Waals surface area contributed by atoms with Crippen LogP contribution < -0.4 is 5.73 Å². The summed E-state index contributed by atoms with van der Waals surface area (Å²) >= 11 is 0. The molecule has 0 saturated carbocycles. The molecule has 0 unspecified atom stereocenters. The summed E-state index contributed by atoms with van der Waals surface area (Å²) in [5, 5.41) is 8.76. The van der Waals surface area contributed by atoms with Crippen LogP contribution in [-0.2, 0) is 13.0 Å². The molecule has 3 N–H and O–H groups in total. The highest BCUT2D eigenvalue weighted by molar-refractivity contribution is 5.90. The highest BCUT2D eigenvalue weighted by Gasteiger charge is 2.21. The lowest BCUT2D eigenvalue weighted by Gasteiger charge is -2.13. The summed E-state index contributed by atoms with van der Waals surface area (Å²) in [7, 11) is 0. The summed E-state index contributed by atoms with van der Waals surface area (Å²) in [5.74, 6) is 0.0581. The minimum atomic E-state index is -1.04. The first kappa shape index (κ1) is 8.10. The zero-order valence-corrected chi connectivity index (χ0v) is 7.16. The van der Waals surface area contributed by atoms with Crippen molar-refractivity contribution in [2.75, 3.05) is 5.73 Å². The smallest absolute Gasteiger partial charge is 0.358 e. The first-order valence-corrected chi connectivity index (χ1v) is 4.28. The van der Waals surface area contributed by atoms with Gasteiger partial charge in [-0.1, -0.05) is 0 Å². The molecule has 0 bridgehead atoms. The van der Waals surface area contributed by atoms with Gasteiger partial charge in [-0.25, -0.2) is 9.78 Å². The van der Waals surface area contributed by atoms with Crippen molar-refractivity contribution in [2.45, 2.75) is 25.8 Å². The number of carboxylic acid groups (broad SMARTS) is 1. The number of carbonyl (C=O) groups is 1. The molecule has 0 aromatic carbocycles. The number of carboxylic acids is 1. The maximum atomic E-state index is 10.7. The number of nitrogen functional groups attached to an aromatic ring is 1. The van der Waals surface area contributed by atoms with Gasteiger partial charge in [0.05, 0.1) is 0 Å². The second-order valence-electron chi connectivity index (χ2n) is 3.18. The number of anilines is 1. The first-order valence-electron chi connectivity index (χ1n) is 4.28. The van der Waals surface area contributed by atoms with Gasteiger partial charge >= 0.3 is 5.97 Å². The Labute approximate surface area is 75.2 Å². The van der Waals surface area contributed by atoms with Gasteiger partial charge in [0, 0.05) is 13.0 Å². The Kier molecular flexibility index (Phi) is 1.72. The number of hydrogen-bond acceptors (Lipinski definition) is 3. The molecule has 2 rings (SSSR count). The Bertz CT molecular complexity index is 357. The Morgan fingerprint density at radius 3 is 2.92 bits per heavy atom. The van der Waals surface area contributed by atoms with Crippen LogP contribution in [0.2, 0.25) is 0 Å². The monoisotopic (exact) mass is 181 g/mol. The van der Waals surface area contributed by atoms with Crippen LogP contribution in [0.1, 0.15) is 29.2 Å². The van der Waals surface area contributed by atoms with Crippen LogP contribution in [-0.4, -0.2) is 20.6 Å². The largest absolute Gasteiger partial charge is 0.476 e. The van der Waals surface area contributed by atoms with Crippen LogP contribution in [0.4, 0.5) is 5.82 Å². The highest BCUT2D eigenvalue weighted by atomic mass is 16.4. The Morgan fingerprint density at radius 1 is 1.54 bits per heavy atom. The minimum absolute atomic E-state index is 0.00287. The zero-order chi connectivity index (χ0) is 9.42. The topological polar surface area (TPSA) is 81.1 Å². The average Bonchev–Trinajstić information content (AvgIpc) is 2.45. The summed E-state index contributed by atoms with van der Waals surface area (Å²) in [5.41, 5.74) is 5.64. The van der Waals surface area contributed by atoms with Gasteiger partial charge in [0.2, 0.25) is 0 Å². The van der Waals surface area contributed by atoms with Gasteiger partial charge in [0.15, 0.2) is 5.69 Å². The highest BCUT2D eigenvalue weighted by Crippen LogP contribution is 2.21. The van der Waals surface area contributed by atoms with E-state index in [1.165, 1.54) is 0 Å². The lowest BCUT2D eigenvalue weighted by Crippen LogP contribution is -2.12. The molecule has 2 heterocycles. The van der Waals surface area contributed by atoms with Gasteiger partial charge in [0.25, 0.3) is 0 Å². The van der Waals surface area contributed by atoms with Crippen molar-refractivity contribution in [2.24, 2.45) is 0 Å². The fourth-order valence-corrected chi connectivity index (χ4v) is 1.66. The third-order valence-electron chi connectivity index (χ3n) is 2.32. The van der Waals surface area contributed by atoms with Crippen LogP contribution in [0.3, 0.4) is 0 Å². The molecule has 0 saturated heterocycles. The van der Waals surface area contributed by atoms with E-state index in [0.29, 0.717) is 5.82 Å². The van der Waals surface area contributed by atoms with Gasteiger partial charge in [-0.3, -0.25) is 0 Å². The molecule has 13 heavy (non-hydrogen) atoms. The van der Waals surface area contributed by atoms with Crippen molar-refractivity contribution in [1.82, 2.24) is 9.55 Å². The minimum Gasteiger partial charge on any atom is -0.476 e. The molecular formula is C8H11N3O2. The van der Waals surface area contributed by atoms with Crippen molar-refractivity contribution in [1.29, 1.82) is 0 Å². The Balaban J connectivity index is 2.50. The predicted octanol–water partition coefficient (Wildman–Crippen LogP) is 0.500. The summed E-state index contributed by atoms with van der Waals surface area (Å²) in [6, 6.07) is 0. The fraction of sp³-hybridized carbons (Fsp3) is 0.500. The fourth-order valence-electron chi connectivity index (χ4n) is 1.66. The van der Waals surface area contributed by atoms with E-state index in [-0.39, 0.29) is 5.69 Å². The molecule has 0 aliphatic carbocycles. The summed E-state index contributed by atoms with van der Waals surface area (Å²) < 4.78 is 1.80.